The van der Waals surface area contributed by atoms with Crippen molar-refractivity contribution in [2.45, 2.75) is 13.3 Å². The van der Waals surface area contributed by atoms with E-state index >= 15 is 0 Å². The van der Waals surface area contributed by atoms with Gasteiger partial charge in [-0.3, -0.25) is 4.68 Å². The number of hydrogen-bond donors (Lipinski definition) is 1. The van der Waals surface area contributed by atoms with Gasteiger partial charge in [0.15, 0.2) is 0 Å². The molecule has 0 saturated carbocycles. The Bertz CT molecular complexity index is 565. The van der Waals surface area contributed by atoms with E-state index in [2.05, 4.69) is 26.0 Å². The van der Waals surface area contributed by atoms with Crippen molar-refractivity contribution in [1.82, 2.24) is 14.8 Å². The van der Waals surface area contributed by atoms with E-state index in [4.69, 9.17) is 17.3 Å². The second-order valence-electron chi connectivity index (χ2n) is 3.84. The number of nitrogens with two attached hydrogens (primary N) is 1. The maximum Gasteiger partial charge on any atom is 0.127 e. The van der Waals surface area contributed by atoms with Gasteiger partial charge >= 0.3 is 0 Å². The van der Waals surface area contributed by atoms with Gasteiger partial charge in [0.25, 0.3) is 0 Å². The summed E-state index contributed by atoms with van der Waals surface area (Å²) in [6, 6.07) is 1.83. The van der Waals surface area contributed by atoms with Gasteiger partial charge in [-0.05, 0) is 28.9 Å². The highest BCUT2D eigenvalue weighted by molar-refractivity contribution is 9.10. The number of halogens is 2. The van der Waals surface area contributed by atoms with Crippen LogP contribution in [0, 0.1) is 6.92 Å². The third-order valence-corrected chi connectivity index (χ3v) is 3.83. The van der Waals surface area contributed by atoms with Crippen LogP contribution in [-0.2, 0) is 13.5 Å². The molecule has 0 aliphatic rings. The fourth-order valence-corrected chi connectivity index (χ4v) is 2.34. The molecular formula is C11H12BrClN4. The highest BCUT2D eigenvalue weighted by Crippen LogP contribution is 2.25. The molecule has 2 rings (SSSR count). The largest absolute Gasteiger partial charge is 0.383 e. The molecule has 4 nitrogen and oxygen atoms in total. The lowest BCUT2D eigenvalue weighted by Crippen LogP contribution is -2.03. The first-order valence-electron chi connectivity index (χ1n) is 5.07. The van der Waals surface area contributed by atoms with Crippen LogP contribution in [-0.4, -0.2) is 14.8 Å². The smallest absolute Gasteiger partial charge is 0.127 e. The molecule has 2 aromatic heterocycles. The minimum absolute atomic E-state index is 0.500. The number of nitrogen functional groups attached to an aromatic ring is 1. The molecule has 0 unspecified atom stereocenters. The van der Waals surface area contributed by atoms with E-state index in [0.717, 1.165) is 21.4 Å². The molecule has 0 bridgehead atoms. The van der Waals surface area contributed by atoms with Crippen LogP contribution in [0.2, 0.25) is 5.02 Å². The lowest BCUT2D eigenvalue weighted by molar-refractivity contribution is 0.716. The lowest BCUT2D eigenvalue weighted by atomic mass is 10.1. The van der Waals surface area contributed by atoms with E-state index in [1.54, 1.807) is 6.20 Å². The van der Waals surface area contributed by atoms with Gasteiger partial charge in [-0.2, -0.15) is 5.10 Å². The van der Waals surface area contributed by atoms with Crippen molar-refractivity contribution in [3.63, 3.8) is 0 Å². The van der Waals surface area contributed by atoms with Crippen molar-refractivity contribution in [3.8, 4) is 0 Å². The van der Waals surface area contributed by atoms with Gasteiger partial charge < -0.3 is 5.73 Å². The zero-order valence-corrected chi connectivity index (χ0v) is 11.9. The summed E-state index contributed by atoms with van der Waals surface area (Å²) < 4.78 is 2.83. The Hall–Kier alpha value is -1.07. The molecule has 0 radical (unpaired) electrons. The van der Waals surface area contributed by atoms with Gasteiger partial charge in [0, 0.05) is 25.2 Å². The molecular weight excluding hydrogens is 304 g/mol. The Labute approximate surface area is 113 Å². The number of anilines is 1. The summed E-state index contributed by atoms with van der Waals surface area (Å²) in [6.45, 7) is 1.95. The number of hydrogen-bond acceptors (Lipinski definition) is 3. The summed E-state index contributed by atoms with van der Waals surface area (Å²) in [5.41, 5.74) is 8.74. The topological polar surface area (TPSA) is 56.7 Å². The summed E-state index contributed by atoms with van der Waals surface area (Å²) in [7, 11) is 1.90. The van der Waals surface area contributed by atoms with Gasteiger partial charge in [-0.1, -0.05) is 11.6 Å². The Morgan fingerprint density at radius 3 is 2.82 bits per heavy atom. The Morgan fingerprint density at radius 1 is 1.53 bits per heavy atom. The Balaban J connectivity index is 2.41. The Morgan fingerprint density at radius 2 is 2.24 bits per heavy atom. The van der Waals surface area contributed by atoms with Crippen molar-refractivity contribution in [3.05, 3.63) is 38.7 Å². The molecule has 0 fully saturated rings. The van der Waals surface area contributed by atoms with Crippen LogP contribution in [0.4, 0.5) is 5.82 Å². The van der Waals surface area contributed by atoms with Crippen LogP contribution in [0.25, 0.3) is 0 Å². The fraction of sp³-hybridized carbons (Fsp3) is 0.273. The van der Waals surface area contributed by atoms with Gasteiger partial charge in [0.05, 0.1) is 20.9 Å². The SMILES string of the molecule is Cc1nn(C)c(Cc2cc(Cl)cnc2N)c1Br. The monoisotopic (exact) mass is 314 g/mol. The summed E-state index contributed by atoms with van der Waals surface area (Å²) >= 11 is 9.44. The normalized spacial score (nSPS) is 10.8. The summed E-state index contributed by atoms with van der Waals surface area (Å²) in [5, 5.41) is 4.92. The average Bonchev–Trinajstić information content (AvgIpc) is 2.50. The van der Waals surface area contributed by atoms with Gasteiger partial charge in [0.1, 0.15) is 5.82 Å². The van der Waals surface area contributed by atoms with Crippen molar-refractivity contribution in [1.29, 1.82) is 0 Å². The molecule has 90 valence electrons. The molecule has 0 saturated heterocycles. The number of pyridine rings is 1. The lowest BCUT2D eigenvalue weighted by Gasteiger charge is -2.06. The zero-order chi connectivity index (χ0) is 12.6. The fourth-order valence-electron chi connectivity index (χ4n) is 1.69. The molecule has 2 aromatic rings. The van der Waals surface area contributed by atoms with Gasteiger partial charge in [0.2, 0.25) is 0 Å². The molecule has 0 amide bonds. The first-order chi connectivity index (χ1) is 7.99. The van der Waals surface area contributed by atoms with Crippen molar-refractivity contribution < 1.29 is 0 Å². The standard InChI is InChI=1S/C11H12BrClN4/c1-6-10(12)9(17(2)16-6)4-7-3-8(13)5-15-11(7)14/h3,5H,4H2,1-2H3,(H2,14,15). The van der Waals surface area contributed by atoms with Crippen LogP contribution in [0.3, 0.4) is 0 Å². The summed E-state index contributed by atoms with van der Waals surface area (Å²) in [6.07, 6.45) is 2.20. The highest BCUT2D eigenvalue weighted by Gasteiger charge is 2.13. The molecule has 2 heterocycles. The number of nitrogens with zero attached hydrogens (tertiary/aromatic N) is 3. The van der Waals surface area contributed by atoms with Crippen LogP contribution in [0.5, 0.6) is 0 Å². The van der Waals surface area contributed by atoms with Crippen LogP contribution < -0.4 is 5.73 Å². The van der Waals surface area contributed by atoms with E-state index in [1.165, 1.54) is 0 Å². The molecule has 0 aromatic carbocycles. The first-order valence-corrected chi connectivity index (χ1v) is 6.24. The van der Waals surface area contributed by atoms with Crippen molar-refractivity contribution in [2.24, 2.45) is 7.05 Å². The first kappa shape index (κ1) is 12.4. The summed E-state index contributed by atoms with van der Waals surface area (Å²) in [5.74, 6) is 0.500. The van der Waals surface area contributed by atoms with E-state index in [-0.39, 0.29) is 0 Å². The van der Waals surface area contributed by atoms with E-state index in [9.17, 15) is 0 Å². The molecule has 6 heteroatoms. The Kier molecular flexibility index (Phi) is 3.40. The van der Waals surface area contributed by atoms with Crippen molar-refractivity contribution in [2.75, 3.05) is 5.73 Å². The maximum absolute atomic E-state index is 5.92. The van der Waals surface area contributed by atoms with Crippen LogP contribution in [0.1, 0.15) is 17.0 Å². The molecule has 0 aliphatic heterocycles. The second kappa shape index (κ2) is 4.66. The number of aryl methyl sites for hydroxylation is 2. The zero-order valence-electron chi connectivity index (χ0n) is 9.54. The predicted octanol–water partition coefficient (Wildman–Crippen LogP) is 2.71. The molecule has 0 spiro atoms. The third kappa shape index (κ3) is 2.45. The minimum Gasteiger partial charge on any atom is -0.383 e. The molecule has 17 heavy (non-hydrogen) atoms. The van der Waals surface area contributed by atoms with E-state index < -0.39 is 0 Å². The third-order valence-electron chi connectivity index (χ3n) is 2.59. The average molecular weight is 316 g/mol. The minimum atomic E-state index is 0.500. The van der Waals surface area contributed by atoms with E-state index in [0.29, 0.717) is 17.3 Å². The number of aromatic nitrogens is 3. The van der Waals surface area contributed by atoms with Crippen LogP contribution in [0.15, 0.2) is 16.7 Å². The highest BCUT2D eigenvalue weighted by atomic mass is 79.9. The van der Waals surface area contributed by atoms with Gasteiger partial charge in [-0.25, -0.2) is 4.98 Å². The molecule has 0 atom stereocenters. The quantitative estimate of drug-likeness (QED) is 0.927. The maximum atomic E-state index is 5.92. The van der Waals surface area contributed by atoms with Crippen molar-refractivity contribution >= 4 is 33.3 Å². The second-order valence-corrected chi connectivity index (χ2v) is 5.07. The van der Waals surface area contributed by atoms with E-state index in [1.807, 2.05) is 24.7 Å². The van der Waals surface area contributed by atoms with Gasteiger partial charge in [-0.15, -0.1) is 0 Å². The summed E-state index contributed by atoms with van der Waals surface area (Å²) in [4.78, 5) is 4.04. The number of rotatable bonds is 2. The van der Waals surface area contributed by atoms with Crippen LogP contribution >= 0.6 is 27.5 Å². The molecule has 2 N–H and O–H groups in total. The predicted molar refractivity (Wildman–Crippen MR) is 72.1 cm³/mol. The molecule has 0 aliphatic carbocycles.